The number of hydrogen-bond acceptors (Lipinski definition) is 4. The van der Waals surface area contributed by atoms with Gasteiger partial charge < -0.3 is 14.2 Å². The Bertz CT molecular complexity index is 1220. The predicted octanol–water partition coefficient (Wildman–Crippen LogP) is 7.81. The number of ether oxygens (including phenoxy) is 3. The van der Waals surface area contributed by atoms with Crippen LogP contribution in [0.25, 0.3) is 11.1 Å². The van der Waals surface area contributed by atoms with Crippen molar-refractivity contribution in [2.75, 3.05) is 13.2 Å². The number of carbonyl (C=O) groups excluding carboxylic acids is 1. The van der Waals surface area contributed by atoms with E-state index in [0.29, 0.717) is 38.2 Å². The van der Waals surface area contributed by atoms with Gasteiger partial charge in [-0.3, -0.25) is 4.79 Å². The van der Waals surface area contributed by atoms with Crippen molar-refractivity contribution < 1.29 is 36.6 Å². The van der Waals surface area contributed by atoms with Gasteiger partial charge in [0.05, 0.1) is 24.9 Å². The molecular formula is C30H32F4O4. The highest BCUT2D eigenvalue weighted by atomic mass is 19.4. The van der Waals surface area contributed by atoms with Crippen molar-refractivity contribution in [3.63, 3.8) is 0 Å². The number of carbonyl (C=O) groups is 1. The fourth-order valence-electron chi connectivity index (χ4n) is 4.05. The van der Waals surface area contributed by atoms with Crippen molar-refractivity contribution in [3.8, 4) is 22.6 Å². The first-order valence-corrected chi connectivity index (χ1v) is 12.6. The van der Waals surface area contributed by atoms with Gasteiger partial charge in [0.1, 0.15) is 17.3 Å². The topological polar surface area (TPSA) is 44.8 Å². The zero-order valence-corrected chi connectivity index (χ0v) is 21.7. The second kappa shape index (κ2) is 13.3. The van der Waals surface area contributed by atoms with E-state index in [4.69, 9.17) is 14.2 Å². The molecule has 0 N–H and O–H groups in total. The minimum absolute atomic E-state index is 0.0344. The second-order valence-electron chi connectivity index (χ2n) is 8.84. The van der Waals surface area contributed by atoms with Gasteiger partial charge in [-0.25, -0.2) is 4.39 Å². The van der Waals surface area contributed by atoms with Crippen molar-refractivity contribution in [1.82, 2.24) is 0 Å². The summed E-state index contributed by atoms with van der Waals surface area (Å²) in [5, 5.41) is 0. The van der Waals surface area contributed by atoms with Crippen LogP contribution in [0, 0.1) is 5.82 Å². The molecule has 0 aliphatic carbocycles. The average molecular weight is 533 g/mol. The summed E-state index contributed by atoms with van der Waals surface area (Å²) in [4.78, 5) is 11.7. The molecule has 3 aromatic carbocycles. The number of esters is 1. The molecule has 0 heterocycles. The third-order valence-electron chi connectivity index (χ3n) is 6.05. The molecule has 4 nitrogen and oxygen atoms in total. The Hall–Kier alpha value is -3.55. The molecule has 0 fully saturated rings. The smallest absolute Gasteiger partial charge is 0.416 e. The Labute approximate surface area is 220 Å². The van der Waals surface area contributed by atoms with E-state index in [1.165, 1.54) is 24.3 Å². The summed E-state index contributed by atoms with van der Waals surface area (Å²) in [6.45, 7) is 6.25. The average Bonchev–Trinajstić information content (AvgIpc) is 2.88. The molecule has 0 saturated heterocycles. The number of hydrogen-bond donors (Lipinski definition) is 0. The fourth-order valence-corrected chi connectivity index (χ4v) is 4.05. The monoisotopic (exact) mass is 532 g/mol. The second-order valence-corrected chi connectivity index (χ2v) is 8.84. The zero-order chi connectivity index (χ0) is 27.7. The molecule has 38 heavy (non-hydrogen) atoms. The maximum absolute atomic E-state index is 14.4. The molecule has 3 rings (SSSR count). The Balaban J connectivity index is 1.65. The molecule has 0 amide bonds. The van der Waals surface area contributed by atoms with E-state index in [2.05, 4.69) is 0 Å². The van der Waals surface area contributed by atoms with Crippen LogP contribution in [-0.4, -0.2) is 25.3 Å². The van der Waals surface area contributed by atoms with E-state index in [1.807, 2.05) is 25.1 Å². The van der Waals surface area contributed by atoms with Crippen LogP contribution in [0.1, 0.15) is 50.3 Å². The molecule has 0 radical (unpaired) electrons. The number of benzene rings is 3. The van der Waals surface area contributed by atoms with Gasteiger partial charge in [0.25, 0.3) is 0 Å². The Morgan fingerprint density at radius 3 is 2.39 bits per heavy atom. The summed E-state index contributed by atoms with van der Waals surface area (Å²) in [6.07, 6.45) is -2.85. The third kappa shape index (κ3) is 7.97. The Kier molecular flexibility index (Phi) is 10.2. The number of alkyl halides is 3. The van der Waals surface area contributed by atoms with Crippen molar-refractivity contribution in [1.29, 1.82) is 0 Å². The van der Waals surface area contributed by atoms with Crippen LogP contribution in [0.4, 0.5) is 17.6 Å². The molecule has 1 atom stereocenters. The summed E-state index contributed by atoms with van der Waals surface area (Å²) < 4.78 is 71.2. The third-order valence-corrected chi connectivity index (χ3v) is 6.05. The predicted molar refractivity (Wildman–Crippen MR) is 138 cm³/mol. The van der Waals surface area contributed by atoms with Crippen molar-refractivity contribution >= 4 is 5.97 Å². The minimum atomic E-state index is -4.57. The maximum Gasteiger partial charge on any atom is 0.416 e. The molecule has 0 spiro atoms. The molecule has 0 aliphatic heterocycles. The van der Waals surface area contributed by atoms with E-state index >= 15 is 0 Å². The highest BCUT2D eigenvalue weighted by Gasteiger charge is 2.31. The van der Waals surface area contributed by atoms with E-state index in [9.17, 15) is 22.4 Å². The zero-order valence-electron chi connectivity index (χ0n) is 21.7. The van der Waals surface area contributed by atoms with Crippen molar-refractivity contribution in [3.05, 3.63) is 83.2 Å². The SMILES string of the molecule is CCOC(=O)CCc1ccc(OCC[C@H](C)Oc2ccc(C(F)(F)F)cc2-c2ccccc2F)cc1CC. The first-order valence-electron chi connectivity index (χ1n) is 12.6. The molecule has 0 aliphatic rings. The molecule has 0 saturated carbocycles. The van der Waals surface area contributed by atoms with Gasteiger partial charge in [0, 0.05) is 24.0 Å². The standard InChI is InChI=1S/C30H32F4O4/c1-4-21-18-24(13-10-22(21)11-15-29(35)36-5-2)37-17-16-20(3)38-28-14-12-23(30(32,33)34)19-26(28)25-8-6-7-9-27(25)31/h6-10,12-14,18-20H,4-5,11,15-17H2,1-3H3/t20-/m0/s1. The summed E-state index contributed by atoms with van der Waals surface area (Å²) in [5.74, 6) is -0.0227. The quantitative estimate of drug-likeness (QED) is 0.176. The van der Waals surface area contributed by atoms with Crippen LogP contribution in [-0.2, 0) is 28.5 Å². The van der Waals surface area contributed by atoms with Crippen LogP contribution in [0.2, 0.25) is 0 Å². The van der Waals surface area contributed by atoms with Gasteiger partial charge in [-0.2, -0.15) is 13.2 Å². The van der Waals surface area contributed by atoms with Gasteiger partial charge >= 0.3 is 12.1 Å². The highest BCUT2D eigenvalue weighted by Crippen LogP contribution is 2.38. The van der Waals surface area contributed by atoms with Crippen molar-refractivity contribution in [2.45, 2.75) is 58.7 Å². The lowest BCUT2D eigenvalue weighted by Crippen LogP contribution is -2.17. The summed E-state index contributed by atoms with van der Waals surface area (Å²) in [7, 11) is 0. The number of rotatable bonds is 12. The van der Waals surface area contributed by atoms with E-state index in [0.717, 1.165) is 29.7 Å². The number of halogens is 4. The lowest BCUT2D eigenvalue weighted by atomic mass is 10.0. The van der Waals surface area contributed by atoms with Crippen LogP contribution in [0.5, 0.6) is 11.5 Å². The molecule has 8 heteroatoms. The molecule has 204 valence electrons. The minimum Gasteiger partial charge on any atom is -0.493 e. The van der Waals surface area contributed by atoms with E-state index in [-0.39, 0.29) is 22.8 Å². The largest absolute Gasteiger partial charge is 0.493 e. The Morgan fingerprint density at radius 2 is 1.71 bits per heavy atom. The lowest BCUT2D eigenvalue weighted by Gasteiger charge is -2.20. The van der Waals surface area contributed by atoms with Crippen LogP contribution >= 0.6 is 0 Å². The lowest BCUT2D eigenvalue weighted by molar-refractivity contribution is -0.143. The molecule has 3 aromatic rings. The van der Waals surface area contributed by atoms with Crippen molar-refractivity contribution in [2.24, 2.45) is 0 Å². The molecular weight excluding hydrogens is 500 g/mol. The highest BCUT2D eigenvalue weighted by molar-refractivity contribution is 5.72. The van der Waals surface area contributed by atoms with Gasteiger partial charge in [0.2, 0.25) is 0 Å². The summed E-state index contributed by atoms with van der Waals surface area (Å²) >= 11 is 0. The van der Waals surface area contributed by atoms with E-state index in [1.54, 1.807) is 19.9 Å². The van der Waals surface area contributed by atoms with E-state index < -0.39 is 23.7 Å². The van der Waals surface area contributed by atoms with Crippen LogP contribution < -0.4 is 9.47 Å². The first kappa shape index (κ1) is 29.0. The van der Waals surface area contributed by atoms with Gasteiger partial charge in [-0.05, 0) is 74.2 Å². The fraction of sp³-hybridized carbons (Fsp3) is 0.367. The van der Waals surface area contributed by atoms with Gasteiger partial charge in [-0.15, -0.1) is 0 Å². The van der Waals surface area contributed by atoms with Gasteiger partial charge in [-0.1, -0.05) is 31.2 Å². The summed E-state index contributed by atoms with van der Waals surface area (Å²) in [6, 6.07) is 14.5. The normalized spacial score (nSPS) is 12.2. The molecule has 0 aromatic heterocycles. The summed E-state index contributed by atoms with van der Waals surface area (Å²) in [5.41, 5.74) is 1.34. The first-order chi connectivity index (χ1) is 18.1. The van der Waals surface area contributed by atoms with Crippen LogP contribution in [0.15, 0.2) is 60.7 Å². The molecule has 0 unspecified atom stereocenters. The maximum atomic E-state index is 14.4. The van der Waals surface area contributed by atoms with Crippen LogP contribution in [0.3, 0.4) is 0 Å². The van der Waals surface area contributed by atoms with Gasteiger partial charge in [0.15, 0.2) is 0 Å². The number of aryl methyl sites for hydroxylation is 2. The Morgan fingerprint density at radius 1 is 0.947 bits per heavy atom. The molecule has 0 bridgehead atoms.